The van der Waals surface area contributed by atoms with Gasteiger partial charge in [0.1, 0.15) is 25.8 Å². The van der Waals surface area contributed by atoms with Gasteiger partial charge in [-0.15, -0.1) is 11.4 Å². The van der Waals surface area contributed by atoms with Crippen molar-refractivity contribution in [3.63, 3.8) is 0 Å². The van der Waals surface area contributed by atoms with Crippen molar-refractivity contribution in [3.05, 3.63) is 300 Å². The molecule has 32 heteroatoms. The molecule has 23 nitrogen and oxygen atoms in total. The van der Waals surface area contributed by atoms with Crippen LogP contribution in [0.25, 0.3) is 52.8 Å². The molecule has 0 amide bonds. The number of nitro benzene ring substituents is 2. The number of carbonyl (C=O) groups is 2. The molecule has 0 fully saturated rings. The number of fused-ring (bicyclic) bond motifs is 6. The number of rotatable bonds is 11. The molecule has 0 spiro atoms. The fourth-order valence-corrected chi connectivity index (χ4v) is 9.93. The van der Waals surface area contributed by atoms with Gasteiger partial charge >= 0.3 is 131 Å². The molecule has 0 saturated heterocycles. The molecule has 0 unspecified atom stereocenters. The van der Waals surface area contributed by atoms with Gasteiger partial charge in [-0.2, -0.15) is 41.4 Å². The molecule has 8 aromatic carbocycles. The van der Waals surface area contributed by atoms with Gasteiger partial charge in [-0.3, -0.25) is 49.8 Å². The Morgan fingerprint density at radius 3 is 1.29 bits per heavy atom. The third-order valence-electron chi connectivity index (χ3n) is 11.7. The monoisotopic (exact) mass is 1640 g/mol. The standard InChI is InChI=1S/2C19H12N3O4S.C7H7BClO2.C7H6Cl.2C5H5N.C2H4O2.CH2O3.CH4.2K.2Pd.H/c2*23-22(24)15-8-10-16(11-9-15)27(25,26)21-17-5-1-3-13-6-7-14-4-2-12-20-19(14)18(13)17;1-5-2-3-6(9)4-7(5)11-8-10;1-6-2-4-7(8)5-3-6;2*1-2-4-6-5-3-1;1-2(3)4;2-1-4-3;;;;;;/h2*1-12H;2-4,10H,1H3;2,4-5H,1H3;2*1-5H;1H3,(H,3,4);1,3H;1H4;;;;;/q2*-1;;-1;;;;;;2*+1;;+2;-1/p-1. The van der Waals surface area contributed by atoms with Crippen molar-refractivity contribution in [2.45, 2.75) is 38.0 Å². The first-order valence-electron chi connectivity index (χ1n) is 26.7. The summed E-state index contributed by atoms with van der Waals surface area (Å²) < 4.78 is 63.5. The Hall–Kier alpha value is -6.40. The molecule has 4 heterocycles. The van der Waals surface area contributed by atoms with Crippen molar-refractivity contribution < 1.29 is 206 Å². The summed E-state index contributed by atoms with van der Waals surface area (Å²) in [5.41, 5.74) is 3.55. The van der Waals surface area contributed by atoms with Crippen LogP contribution in [0.5, 0.6) is 5.75 Å². The zero-order valence-electron chi connectivity index (χ0n) is 52.7. The maximum absolute atomic E-state index is 12.7. The van der Waals surface area contributed by atoms with Crippen molar-refractivity contribution in [2.75, 3.05) is 0 Å². The summed E-state index contributed by atoms with van der Waals surface area (Å²) in [7, 11) is -7.44. The van der Waals surface area contributed by atoms with Gasteiger partial charge in [0.05, 0.1) is 30.7 Å². The number of benzene rings is 8. The van der Waals surface area contributed by atoms with Crippen LogP contribution in [0, 0.1) is 40.1 Å². The van der Waals surface area contributed by atoms with Gasteiger partial charge in [-0.25, -0.2) is 16.8 Å². The smallest absolute Gasteiger partial charge is 1.00 e. The number of halogens is 2. The minimum Gasteiger partial charge on any atom is -1.00 e. The minimum atomic E-state index is -4.04. The van der Waals surface area contributed by atoms with Gasteiger partial charge in [-0.1, -0.05) is 122 Å². The summed E-state index contributed by atoms with van der Waals surface area (Å²) in [6, 6.07) is 59.9. The summed E-state index contributed by atoms with van der Waals surface area (Å²) >= 11 is 11.3. The normalized spacial score (nSPS) is 9.62. The predicted molar refractivity (Wildman–Crippen MR) is 362 cm³/mol. The van der Waals surface area contributed by atoms with E-state index >= 15 is 0 Å². The first kappa shape index (κ1) is 91.6. The first-order valence-corrected chi connectivity index (χ1v) is 30.3. The molecule has 1 radical (unpaired) electrons. The molecular weight excluding hydrogens is 1580 g/mol. The van der Waals surface area contributed by atoms with E-state index in [1.165, 1.54) is 24.3 Å². The Labute approximate surface area is 690 Å². The fourth-order valence-electron chi connectivity index (χ4n) is 7.65. The minimum absolute atomic E-state index is 0. The Balaban J connectivity index is 0. The topological polar surface area (TPSA) is 350 Å². The molecular formula is C66H57BCl2K2N8O15Pd2S2-. The van der Waals surface area contributed by atoms with Gasteiger partial charge < -0.3 is 35.8 Å². The number of carboxylic acid groups (broad SMARTS) is 1. The van der Waals surface area contributed by atoms with E-state index < -0.39 is 35.9 Å². The van der Waals surface area contributed by atoms with E-state index in [0.29, 0.717) is 40.3 Å². The molecule has 12 aromatic rings. The van der Waals surface area contributed by atoms with Crippen molar-refractivity contribution in [1.29, 1.82) is 0 Å². The van der Waals surface area contributed by atoms with E-state index in [1.807, 2.05) is 129 Å². The average molecular weight is 1640 g/mol. The summed E-state index contributed by atoms with van der Waals surface area (Å²) in [4.78, 5) is 56.7. The van der Waals surface area contributed by atoms with Crippen LogP contribution in [-0.2, 0) is 75.4 Å². The van der Waals surface area contributed by atoms with Crippen LogP contribution in [0.1, 0.15) is 26.9 Å². The zero-order valence-corrected chi connectivity index (χ0v) is 64.2. The van der Waals surface area contributed by atoms with Crippen LogP contribution in [0.3, 0.4) is 0 Å². The van der Waals surface area contributed by atoms with Crippen LogP contribution in [0.4, 0.5) is 22.7 Å². The van der Waals surface area contributed by atoms with E-state index in [4.69, 9.17) is 52.8 Å². The molecule has 503 valence electrons. The molecule has 0 saturated carbocycles. The molecule has 98 heavy (non-hydrogen) atoms. The fraction of sp³-hybridized carbons (Fsp3) is 0.0606. The Morgan fingerprint density at radius 2 is 0.969 bits per heavy atom. The van der Waals surface area contributed by atoms with Gasteiger partial charge in [-0.05, 0) is 107 Å². The first-order chi connectivity index (χ1) is 44.6. The number of pyridine rings is 4. The second kappa shape index (κ2) is 48.4. The van der Waals surface area contributed by atoms with E-state index in [1.54, 1.807) is 79.6 Å². The van der Waals surface area contributed by atoms with Gasteiger partial charge in [0.2, 0.25) is 0 Å². The molecule has 0 atom stereocenters. The van der Waals surface area contributed by atoms with Crippen molar-refractivity contribution >= 4 is 129 Å². The summed E-state index contributed by atoms with van der Waals surface area (Å²) in [5.74, 6) is -0.264. The number of aryl methyl sites for hydroxylation is 2. The summed E-state index contributed by atoms with van der Waals surface area (Å²) in [5, 5.41) is 51.7. The Bertz CT molecular complexity index is 4340. The zero-order chi connectivity index (χ0) is 67.8. The molecule has 0 aliphatic rings. The molecule has 0 aliphatic heterocycles. The summed E-state index contributed by atoms with van der Waals surface area (Å²) in [6.07, 6.45) is 10.3. The Morgan fingerprint density at radius 1 is 0.592 bits per heavy atom. The van der Waals surface area contributed by atoms with Crippen LogP contribution >= 0.6 is 23.2 Å². The van der Waals surface area contributed by atoms with Crippen molar-refractivity contribution in [1.82, 2.24) is 19.9 Å². The number of aromatic nitrogens is 4. The van der Waals surface area contributed by atoms with Crippen LogP contribution < -0.4 is 113 Å². The number of carbonyl (C=O) groups excluding carboxylic acids is 1. The second-order valence-electron chi connectivity index (χ2n) is 18.3. The van der Waals surface area contributed by atoms with Gasteiger partial charge in [0.25, 0.3) is 23.8 Å². The number of non-ortho nitro benzene ring substituents is 2. The number of hydrogen-bond donors (Lipinski definition) is 2. The van der Waals surface area contributed by atoms with E-state index in [9.17, 15) is 37.1 Å². The number of carboxylic acids is 1. The predicted octanol–water partition coefficient (Wildman–Crippen LogP) is 8.82. The van der Waals surface area contributed by atoms with E-state index in [2.05, 4.69) is 40.3 Å². The molecule has 0 bridgehead atoms. The molecule has 2 N–H and O–H groups in total. The summed E-state index contributed by atoms with van der Waals surface area (Å²) in [6.45, 7) is 4.76. The SMILES string of the molecule is C.CC(=O)O.Cc1[c-]cc(Cl)cc1.Cc1ccc(Cl)cc1O[B]O.O=CO[O-].O=[N+]([O-])c1ccc(S(=O)(=O)[N-]c2cccc3ccc4cccnc4c23)cc1.O=[N+]([O-])c1ccc(S(=O)(=O)[N-]c2cccc3ccc4cccnc4c23)cc1.[H-].[K+].[K+].[Pd+2].[Pd].c1ccncc1.c1ccncc1. The number of nitro groups is 2. The van der Waals surface area contributed by atoms with Gasteiger partial charge in [0.15, 0.2) is 0 Å². The van der Waals surface area contributed by atoms with Crippen LogP contribution in [0.2, 0.25) is 10.0 Å². The Kier molecular flexibility index (Phi) is 45.2. The number of nitrogens with zero attached hydrogens (tertiary/aromatic N) is 8. The average Bonchev–Trinajstić information content (AvgIpc) is 0.778. The number of hydrogen-bond acceptors (Lipinski definition) is 18. The number of sulfonamides is 2. The van der Waals surface area contributed by atoms with Crippen LogP contribution in [0.15, 0.2) is 253 Å². The molecule has 0 aliphatic carbocycles. The van der Waals surface area contributed by atoms with E-state index in [-0.39, 0.29) is 191 Å². The van der Waals surface area contributed by atoms with Crippen LogP contribution in [-0.4, -0.2) is 76.9 Å². The quantitative estimate of drug-likeness (QED) is 0.0232. The maximum Gasteiger partial charge on any atom is 2.00 e. The van der Waals surface area contributed by atoms with Crippen molar-refractivity contribution in [2.24, 2.45) is 0 Å². The van der Waals surface area contributed by atoms with Gasteiger partial charge in [0, 0.05) is 105 Å². The molecule has 12 rings (SSSR count). The maximum atomic E-state index is 12.7. The second-order valence-corrected chi connectivity index (χ2v) is 22.3. The largest absolute Gasteiger partial charge is 2.00 e. The third kappa shape index (κ3) is 31.0. The van der Waals surface area contributed by atoms with E-state index in [0.717, 1.165) is 68.9 Å². The number of aliphatic carboxylic acids is 1. The third-order valence-corrected chi connectivity index (χ3v) is 14.8. The van der Waals surface area contributed by atoms with Crippen molar-refractivity contribution in [3.8, 4) is 5.75 Å². The molecule has 4 aromatic heterocycles.